The molecule has 0 fully saturated rings. The van der Waals surface area contributed by atoms with Crippen LogP contribution in [0.4, 0.5) is 30.7 Å². The third-order valence-corrected chi connectivity index (χ3v) is 5.66. The fourth-order valence-corrected chi connectivity index (χ4v) is 4.03. The predicted octanol–water partition coefficient (Wildman–Crippen LogP) is 2.70. The van der Waals surface area contributed by atoms with Crippen molar-refractivity contribution < 1.29 is 74.9 Å². The number of nitrogens with zero attached hydrogens (tertiary/aromatic N) is 1. The summed E-state index contributed by atoms with van der Waals surface area (Å²) in [5, 5.41) is 11.2. The maximum Gasteiger partial charge on any atom is 1.00 e. The number of aromatic carboxylic acids is 1. The Balaban J connectivity index is 0.00000380. The molecule has 12 heteroatoms. The Morgan fingerprint density at radius 2 is 1.54 bits per heavy atom. The summed E-state index contributed by atoms with van der Waals surface area (Å²) in [5.41, 5.74) is -1.63. The zero-order valence-corrected chi connectivity index (χ0v) is 21.2. The molecule has 1 aliphatic rings. The molecule has 0 bridgehead atoms. The van der Waals surface area contributed by atoms with E-state index in [-0.39, 0.29) is 59.1 Å². The van der Waals surface area contributed by atoms with Gasteiger partial charge >= 0.3 is 35.7 Å². The number of carboxylic acid groups (broad SMARTS) is 1. The third kappa shape index (κ3) is 6.34. The maximum absolute atomic E-state index is 14.1. The molecular formula is C25H15F7NNaO3. The Bertz CT molecular complexity index is 1370. The number of alkyl halides is 3. The molecule has 0 saturated heterocycles. The molecule has 0 N–H and O–H groups in total. The van der Waals surface area contributed by atoms with E-state index in [1.807, 2.05) is 0 Å². The van der Waals surface area contributed by atoms with Crippen LogP contribution in [0.2, 0.25) is 0 Å². The Morgan fingerprint density at radius 1 is 0.919 bits per heavy atom. The van der Waals surface area contributed by atoms with Crippen molar-refractivity contribution >= 4 is 17.1 Å². The topological polar surface area (TPSA) is 62.2 Å². The van der Waals surface area contributed by atoms with Gasteiger partial charge in [0.15, 0.2) is 0 Å². The molecule has 0 spiro atoms. The van der Waals surface area contributed by atoms with Crippen LogP contribution in [0.25, 0.3) is 11.1 Å². The number of carboxylic acids is 1. The van der Waals surface area contributed by atoms with Gasteiger partial charge in [-0.2, -0.15) is 13.2 Å². The van der Waals surface area contributed by atoms with Crippen LogP contribution < -0.4 is 39.4 Å². The average Bonchev–Trinajstić information content (AvgIpc) is 3.27. The van der Waals surface area contributed by atoms with E-state index < -0.39 is 64.6 Å². The van der Waals surface area contributed by atoms with Gasteiger partial charge in [0.2, 0.25) is 5.88 Å². The molecule has 1 aliphatic carbocycles. The molecule has 1 heterocycles. The number of hydrogen-bond donors (Lipinski definition) is 0. The van der Waals surface area contributed by atoms with Gasteiger partial charge in [0.1, 0.15) is 29.9 Å². The summed E-state index contributed by atoms with van der Waals surface area (Å²) in [5.74, 6) is -6.58. The zero-order chi connectivity index (χ0) is 26.2. The number of allylic oxidation sites excluding steroid dienone is 2. The number of benzene rings is 2. The molecule has 2 aromatic carbocycles. The standard InChI is InChI=1S/C25H16F7NO3.Na/c26-15-5-12(4-13(6-15)24(34)35)17-2-1-3-18(17)19-7-14(25(30,31)32)10-33-23(19)36-11-20-21(28)8-16(27)9-22(20)29;/h4-10H,1-3,11H2,(H,34,35);/q;+1/p-1. The summed E-state index contributed by atoms with van der Waals surface area (Å²) in [4.78, 5) is 14.9. The minimum Gasteiger partial charge on any atom is -0.545 e. The van der Waals surface area contributed by atoms with Crippen LogP contribution in [0.1, 0.15) is 51.9 Å². The van der Waals surface area contributed by atoms with E-state index in [9.17, 15) is 40.6 Å². The van der Waals surface area contributed by atoms with Gasteiger partial charge in [-0.25, -0.2) is 22.5 Å². The van der Waals surface area contributed by atoms with Gasteiger partial charge in [0.25, 0.3) is 0 Å². The molecule has 3 aromatic rings. The number of carbonyl (C=O) groups is 1. The van der Waals surface area contributed by atoms with Gasteiger partial charge in [0.05, 0.1) is 17.1 Å². The second-order valence-corrected chi connectivity index (χ2v) is 8.04. The van der Waals surface area contributed by atoms with Gasteiger partial charge < -0.3 is 14.6 Å². The van der Waals surface area contributed by atoms with Crippen LogP contribution >= 0.6 is 0 Å². The van der Waals surface area contributed by atoms with E-state index >= 15 is 0 Å². The Kier molecular flexibility index (Phi) is 8.71. The van der Waals surface area contributed by atoms with Crippen LogP contribution in [0.3, 0.4) is 0 Å². The summed E-state index contributed by atoms with van der Waals surface area (Å²) in [7, 11) is 0. The number of ether oxygens (including phenoxy) is 1. The first kappa shape index (κ1) is 28.7. The number of aromatic nitrogens is 1. The number of carbonyl (C=O) groups excluding carboxylic acids is 1. The molecule has 0 radical (unpaired) electrons. The fourth-order valence-electron chi connectivity index (χ4n) is 4.03. The number of halogens is 7. The smallest absolute Gasteiger partial charge is 0.545 e. The molecule has 188 valence electrons. The number of hydrogen-bond acceptors (Lipinski definition) is 4. The minimum atomic E-state index is -4.78. The van der Waals surface area contributed by atoms with E-state index in [2.05, 4.69) is 4.98 Å². The predicted molar refractivity (Wildman–Crippen MR) is 111 cm³/mol. The molecule has 0 saturated carbocycles. The van der Waals surface area contributed by atoms with Crippen molar-refractivity contribution in [3.8, 4) is 5.88 Å². The van der Waals surface area contributed by atoms with Gasteiger partial charge in [-0.1, -0.05) is 0 Å². The van der Waals surface area contributed by atoms with Gasteiger partial charge in [-0.05, 0) is 60.2 Å². The Hall–Kier alpha value is -2.89. The number of pyridine rings is 1. The minimum absolute atomic E-state index is 0. The Labute approximate surface area is 228 Å². The Morgan fingerprint density at radius 3 is 2.16 bits per heavy atom. The molecule has 0 atom stereocenters. The fraction of sp³-hybridized carbons (Fsp3) is 0.200. The quantitative estimate of drug-likeness (QED) is 0.361. The van der Waals surface area contributed by atoms with Crippen LogP contribution in [-0.4, -0.2) is 11.0 Å². The normalized spacial score (nSPS) is 13.5. The summed E-state index contributed by atoms with van der Waals surface area (Å²) in [6, 6.07) is 4.54. The first-order valence-corrected chi connectivity index (χ1v) is 10.5. The van der Waals surface area contributed by atoms with Crippen molar-refractivity contribution in [2.75, 3.05) is 0 Å². The molecule has 1 aromatic heterocycles. The average molecular weight is 533 g/mol. The van der Waals surface area contributed by atoms with E-state index in [0.717, 1.165) is 24.3 Å². The first-order chi connectivity index (χ1) is 16.9. The van der Waals surface area contributed by atoms with Crippen LogP contribution in [-0.2, 0) is 12.8 Å². The molecule has 0 amide bonds. The summed E-state index contributed by atoms with van der Waals surface area (Å²) < 4.78 is 101. The molecule has 4 rings (SSSR count). The van der Waals surface area contributed by atoms with Crippen molar-refractivity contribution in [3.63, 3.8) is 0 Å². The van der Waals surface area contributed by atoms with Gasteiger partial charge in [-0.15, -0.1) is 0 Å². The van der Waals surface area contributed by atoms with E-state index in [4.69, 9.17) is 4.74 Å². The first-order valence-electron chi connectivity index (χ1n) is 10.5. The van der Waals surface area contributed by atoms with E-state index in [1.54, 1.807) is 0 Å². The van der Waals surface area contributed by atoms with E-state index in [0.29, 0.717) is 30.3 Å². The summed E-state index contributed by atoms with van der Waals surface area (Å²) >= 11 is 0. The van der Waals surface area contributed by atoms with Crippen LogP contribution in [0.5, 0.6) is 5.88 Å². The van der Waals surface area contributed by atoms with Crippen molar-refractivity contribution in [1.29, 1.82) is 0 Å². The van der Waals surface area contributed by atoms with Crippen LogP contribution in [0, 0.1) is 23.3 Å². The van der Waals surface area contributed by atoms with Crippen molar-refractivity contribution in [2.24, 2.45) is 0 Å². The summed E-state index contributed by atoms with van der Waals surface area (Å²) in [6.07, 6.45) is -3.36. The molecule has 0 aliphatic heterocycles. The zero-order valence-electron chi connectivity index (χ0n) is 19.2. The maximum atomic E-state index is 14.1. The van der Waals surface area contributed by atoms with Crippen LogP contribution in [0.15, 0.2) is 42.6 Å². The van der Waals surface area contributed by atoms with Gasteiger partial charge in [-0.3, -0.25) is 0 Å². The largest absolute Gasteiger partial charge is 1.00 e. The van der Waals surface area contributed by atoms with Crippen molar-refractivity contribution in [2.45, 2.75) is 32.0 Å². The number of rotatable bonds is 6. The molecular weight excluding hydrogens is 518 g/mol. The molecule has 0 unspecified atom stereocenters. The van der Waals surface area contributed by atoms with Gasteiger partial charge in [0, 0.05) is 29.5 Å². The second-order valence-electron chi connectivity index (χ2n) is 8.04. The monoisotopic (exact) mass is 533 g/mol. The van der Waals surface area contributed by atoms with Crippen molar-refractivity contribution in [3.05, 3.63) is 93.7 Å². The van der Waals surface area contributed by atoms with E-state index in [1.165, 1.54) is 0 Å². The molecule has 4 nitrogen and oxygen atoms in total. The third-order valence-electron chi connectivity index (χ3n) is 5.66. The second kappa shape index (κ2) is 11.2. The van der Waals surface area contributed by atoms with Crippen molar-refractivity contribution in [1.82, 2.24) is 4.98 Å². The SMILES string of the molecule is O=C([O-])c1cc(F)cc(C2=C(c3cc(C(F)(F)F)cnc3OCc3c(F)cc(F)cc3F)CCC2)c1.[Na+]. The molecule has 37 heavy (non-hydrogen) atoms. The summed E-state index contributed by atoms with van der Waals surface area (Å²) in [6.45, 7) is -0.805.